The van der Waals surface area contributed by atoms with Gasteiger partial charge in [-0.3, -0.25) is 9.89 Å². The van der Waals surface area contributed by atoms with Crippen LogP contribution in [0.3, 0.4) is 0 Å². The Hall–Kier alpha value is -1.82. The number of halogens is 1. The summed E-state index contributed by atoms with van der Waals surface area (Å²) in [4.78, 5) is 11.4. The molecule has 0 radical (unpaired) electrons. The van der Waals surface area contributed by atoms with Gasteiger partial charge in [0.2, 0.25) is 5.91 Å². The summed E-state index contributed by atoms with van der Waals surface area (Å²) >= 11 is 3.17. The quantitative estimate of drug-likeness (QED) is 0.849. The van der Waals surface area contributed by atoms with Gasteiger partial charge in [0.1, 0.15) is 11.6 Å². The first-order valence-electron chi connectivity index (χ1n) is 4.48. The van der Waals surface area contributed by atoms with Gasteiger partial charge in [0.15, 0.2) is 4.67 Å². The molecule has 6 heteroatoms. The maximum atomic E-state index is 11.4. The number of rotatable bonds is 3. The lowest BCUT2D eigenvalue weighted by molar-refractivity contribution is -0.111. The van der Waals surface area contributed by atoms with Gasteiger partial charge >= 0.3 is 0 Å². The van der Waals surface area contributed by atoms with Crippen LogP contribution in [0.4, 0.5) is 5.82 Å². The molecule has 0 aliphatic rings. The Balaban J connectivity index is 1.94. The Bertz CT molecular complexity index is 502. The molecule has 0 unspecified atom stereocenters. The molecule has 0 saturated heterocycles. The van der Waals surface area contributed by atoms with E-state index in [-0.39, 0.29) is 5.91 Å². The summed E-state index contributed by atoms with van der Waals surface area (Å²) < 4.78 is 5.82. The molecular weight excluding hydrogens is 274 g/mol. The minimum absolute atomic E-state index is 0.253. The van der Waals surface area contributed by atoms with Crippen molar-refractivity contribution in [2.24, 2.45) is 0 Å². The van der Waals surface area contributed by atoms with E-state index in [9.17, 15) is 4.79 Å². The molecule has 0 aromatic carbocycles. The fraction of sp³-hybridized carbons (Fsp3) is 0. The van der Waals surface area contributed by atoms with E-state index in [1.165, 1.54) is 6.08 Å². The van der Waals surface area contributed by atoms with Gasteiger partial charge in [-0.1, -0.05) is 0 Å². The highest BCUT2D eigenvalue weighted by Gasteiger charge is 1.99. The van der Waals surface area contributed by atoms with Crippen molar-refractivity contribution in [1.29, 1.82) is 0 Å². The van der Waals surface area contributed by atoms with Gasteiger partial charge in [-0.05, 0) is 34.1 Å². The monoisotopic (exact) mass is 281 g/mol. The van der Waals surface area contributed by atoms with Crippen molar-refractivity contribution in [1.82, 2.24) is 10.2 Å². The number of furan rings is 1. The summed E-state index contributed by atoms with van der Waals surface area (Å²) in [5.74, 6) is 0.902. The standard InChI is InChI=1S/C10H8BrN3O2/c11-8-3-1-7(16-8)2-4-10(15)13-9-5-6-12-14-9/h1-6H,(H2,12,13,14,15). The van der Waals surface area contributed by atoms with E-state index in [4.69, 9.17) is 4.42 Å². The van der Waals surface area contributed by atoms with E-state index >= 15 is 0 Å². The maximum absolute atomic E-state index is 11.4. The van der Waals surface area contributed by atoms with E-state index in [1.807, 2.05) is 0 Å². The third kappa shape index (κ3) is 2.83. The Morgan fingerprint density at radius 2 is 2.38 bits per heavy atom. The smallest absolute Gasteiger partial charge is 0.249 e. The van der Waals surface area contributed by atoms with Gasteiger partial charge in [0.05, 0.1) is 6.20 Å². The summed E-state index contributed by atoms with van der Waals surface area (Å²) in [5, 5.41) is 8.93. The zero-order valence-electron chi connectivity index (χ0n) is 8.11. The molecule has 16 heavy (non-hydrogen) atoms. The number of amides is 1. The molecule has 82 valence electrons. The summed E-state index contributed by atoms with van der Waals surface area (Å²) in [6, 6.07) is 5.17. The topological polar surface area (TPSA) is 70.9 Å². The van der Waals surface area contributed by atoms with E-state index in [2.05, 4.69) is 31.4 Å². The van der Waals surface area contributed by atoms with Crippen molar-refractivity contribution in [3.05, 3.63) is 40.9 Å². The van der Waals surface area contributed by atoms with Gasteiger partial charge < -0.3 is 9.73 Å². The fourth-order valence-corrected chi connectivity index (χ4v) is 1.39. The van der Waals surface area contributed by atoms with E-state index in [0.717, 1.165) is 0 Å². The number of H-pyrrole nitrogens is 1. The Morgan fingerprint density at radius 1 is 1.50 bits per heavy atom. The number of carbonyl (C=O) groups excluding carboxylic acids is 1. The van der Waals surface area contributed by atoms with Crippen molar-refractivity contribution >= 4 is 33.7 Å². The molecular formula is C10H8BrN3O2. The van der Waals surface area contributed by atoms with Crippen LogP contribution in [0.15, 0.2) is 39.6 Å². The Labute approximate surface area is 99.7 Å². The Kier molecular flexibility index (Phi) is 3.21. The predicted octanol–water partition coefficient (Wildman–Crippen LogP) is 2.42. The average Bonchev–Trinajstić information content (AvgIpc) is 2.87. The van der Waals surface area contributed by atoms with Crippen molar-refractivity contribution in [2.75, 3.05) is 5.32 Å². The molecule has 2 aromatic rings. The lowest BCUT2D eigenvalue weighted by Crippen LogP contribution is -2.07. The highest BCUT2D eigenvalue weighted by molar-refractivity contribution is 9.10. The first-order chi connectivity index (χ1) is 7.74. The zero-order valence-corrected chi connectivity index (χ0v) is 9.69. The van der Waals surface area contributed by atoms with Crippen LogP contribution in [0.25, 0.3) is 6.08 Å². The molecule has 0 saturated carbocycles. The Morgan fingerprint density at radius 3 is 3.00 bits per heavy atom. The van der Waals surface area contributed by atoms with E-state index < -0.39 is 0 Å². The highest BCUT2D eigenvalue weighted by atomic mass is 79.9. The number of anilines is 1. The molecule has 2 aromatic heterocycles. The van der Waals surface area contributed by atoms with Crippen LogP contribution in [-0.2, 0) is 4.79 Å². The second kappa shape index (κ2) is 4.80. The minimum Gasteiger partial charge on any atom is -0.450 e. The molecule has 2 heterocycles. The normalized spacial score (nSPS) is 10.8. The van der Waals surface area contributed by atoms with Crippen LogP contribution in [0.5, 0.6) is 0 Å². The third-order valence-corrected chi connectivity index (χ3v) is 2.18. The van der Waals surface area contributed by atoms with Crippen molar-refractivity contribution in [3.8, 4) is 0 Å². The maximum Gasteiger partial charge on any atom is 0.249 e. The van der Waals surface area contributed by atoms with Crippen LogP contribution >= 0.6 is 15.9 Å². The number of aromatic amines is 1. The van der Waals surface area contributed by atoms with E-state index in [1.54, 1.807) is 30.5 Å². The molecule has 0 aliphatic carbocycles. The summed E-state index contributed by atoms with van der Waals surface area (Å²) in [6.45, 7) is 0. The summed E-state index contributed by atoms with van der Waals surface area (Å²) in [5.41, 5.74) is 0. The van der Waals surface area contributed by atoms with Crippen LogP contribution in [0.2, 0.25) is 0 Å². The molecule has 1 amide bonds. The van der Waals surface area contributed by atoms with E-state index in [0.29, 0.717) is 16.2 Å². The number of hydrogen-bond donors (Lipinski definition) is 2. The molecule has 0 fully saturated rings. The number of nitrogens with zero attached hydrogens (tertiary/aromatic N) is 1. The van der Waals surface area contributed by atoms with Gasteiger partial charge in [-0.2, -0.15) is 5.10 Å². The number of aromatic nitrogens is 2. The molecule has 0 atom stereocenters. The van der Waals surface area contributed by atoms with Crippen LogP contribution in [0.1, 0.15) is 5.76 Å². The fourth-order valence-electron chi connectivity index (χ4n) is 1.08. The molecule has 5 nitrogen and oxygen atoms in total. The van der Waals surface area contributed by atoms with Crippen LogP contribution in [-0.4, -0.2) is 16.1 Å². The van der Waals surface area contributed by atoms with Crippen molar-refractivity contribution < 1.29 is 9.21 Å². The lowest BCUT2D eigenvalue weighted by atomic mass is 10.4. The van der Waals surface area contributed by atoms with Crippen LogP contribution in [0, 0.1) is 0 Å². The van der Waals surface area contributed by atoms with Gasteiger partial charge in [0.25, 0.3) is 0 Å². The zero-order chi connectivity index (χ0) is 11.4. The second-order valence-corrected chi connectivity index (χ2v) is 3.72. The average molecular weight is 282 g/mol. The van der Waals surface area contributed by atoms with Gasteiger partial charge in [-0.25, -0.2) is 0 Å². The first-order valence-corrected chi connectivity index (χ1v) is 5.27. The first kappa shape index (κ1) is 10.7. The second-order valence-electron chi connectivity index (χ2n) is 2.93. The molecule has 0 spiro atoms. The van der Waals surface area contributed by atoms with Crippen molar-refractivity contribution in [2.45, 2.75) is 0 Å². The number of hydrogen-bond acceptors (Lipinski definition) is 3. The lowest BCUT2D eigenvalue weighted by Gasteiger charge is -1.95. The third-order valence-electron chi connectivity index (χ3n) is 1.75. The highest BCUT2D eigenvalue weighted by Crippen LogP contribution is 2.15. The summed E-state index contributed by atoms with van der Waals surface area (Å²) in [6.07, 6.45) is 4.52. The molecule has 0 aliphatic heterocycles. The molecule has 2 N–H and O–H groups in total. The molecule has 0 bridgehead atoms. The summed E-state index contributed by atoms with van der Waals surface area (Å²) in [7, 11) is 0. The largest absolute Gasteiger partial charge is 0.450 e. The predicted molar refractivity (Wildman–Crippen MR) is 62.7 cm³/mol. The number of carbonyl (C=O) groups is 1. The van der Waals surface area contributed by atoms with Gasteiger partial charge in [0, 0.05) is 12.1 Å². The number of nitrogens with one attached hydrogen (secondary N) is 2. The molecule has 2 rings (SSSR count). The van der Waals surface area contributed by atoms with Crippen molar-refractivity contribution in [3.63, 3.8) is 0 Å². The SMILES string of the molecule is O=C(C=Cc1ccc(Br)o1)Nc1ccn[nH]1. The van der Waals surface area contributed by atoms with Crippen LogP contribution < -0.4 is 5.32 Å². The minimum atomic E-state index is -0.253. The van der Waals surface area contributed by atoms with Gasteiger partial charge in [-0.15, -0.1) is 0 Å².